The van der Waals surface area contributed by atoms with Gasteiger partial charge in [-0.3, -0.25) is 0 Å². The molecular weight excluding hydrogens is 284 g/mol. The highest BCUT2D eigenvalue weighted by molar-refractivity contribution is 7.18. The second-order valence-corrected chi connectivity index (χ2v) is 6.55. The fourth-order valence-corrected chi connectivity index (χ4v) is 3.89. The number of hydrogen-bond donors (Lipinski definition) is 2. The molecule has 1 atom stereocenters. The van der Waals surface area contributed by atoms with Crippen LogP contribution in [0.15, 0.2) is 6.07 Å². The second-order valence-electron chi connectivity index (χ2n) is 5.43. The Hall–Kier alpha value is -1.40. The molecule has 3 rings (SSSR count). The van der Waals surface area contributed by atoms with E-state index in [9.17, 15) is 5.11 Å². The van der Waals surface area contributed by atoms with Crippen LogP contribution in [0.5, 0.6) is 0 Å². The van der Waals surface area contributed by atoms with Gasteiger partial charge in [0.25, 0.3) is 0 Å². The molecule has 3 heterocycles. The lowest BCUT2D eigenvalue weighted by Gasteiger charge is -2.36. The summed E-state index contributed by atoms with van der Waals surface area (Å²) in [5, 5.41) is 13.9. The van der Waals surface area contributed by atoms with Crippen LogP contribution in [0, 0.1) is 0 Å². The van der Waals surface area contributed by atoms with Crippen LogP contribution in [0.4, 0.5) is 11.8 Å². The monoisotopic (exact) mass is 306 g/mol. The summed E-state index contributed by atoms with van der Waals surface area (Å²) in [6.45, 7) is 3.30. The highest BCUT2D eigenvalue weighted by Gasteiger charge is 2.25. The zero-order chi connectivity index (χ0) is 14.8. The summed E-state index contributed by atoms with van der Waals surface area (Å²) in [7, 11) is 1.85. The third-order valence-electron chi connectivity index (χ3n) is 4.11. The van der Waals surface area contributed by atoms with E-state index in [2.05, 4.69) is 33.2 Å². The summed E-state index contributed by atoms with van der Waals surface area (Å²) in [4.78, 5) is 13.9. The molecule has 0 saturated carbocycles. The first kappa shape index (κ1) is 14.5. The maximum absolute atomic E-state index is 9.67. The molecule has 0 amide bonds. The number of aryl methyl sites for hydroxylation is 1. The van der Waals surface area contributed by atoms with Gasteiger partial charge in [-0.15, -0.1) is 11.3 Å². The number of aromatic nitrogens is 2. The molecule has 1 aliphatic heterocycles. The Morgan fingerprint density at radius 3 is 3.00 bits per heavy atom. The van der Waals surface area contributed by atoms with Gasteiger partial charge in [0.2, 0.25) is 5.95 Å². The molecular formula is C15H22N4OS. The molecule has 0 aliphatic carbocycles. The number of aliphatic hydroxyl groups excluding tert-OH is 1. The van der Waals surface area contributed by atoms with Gasteiger partial charge in [0.05, 0.1) is 18.0 Å². The van der Waals surface area contributed by atoms with Gasteiger partial charge >= 0.3 is 0 Å². The van der Waals surface area contributed by atoms with Crippen molar-refractivity contribution in [3.8, 4) is 0 Å². The van der Waals surface area contributed by atoms with Gasteiger partial charge in [-0.25, -0.2) is 4.98 Å². The van der Waals surface area contributed by atoms with Crippen LogP contribution in [0.25, 0.3) is 10.2 Å². The minimum atomic E-state index is 0.173. The van der Waals surface area contributed by atoms with E-state index >= 15 is 0 Å². The van der Waals surface area contributed by atoms with E-state index in [4.69, 9.17) is 0 Å². The number of nitrogens with zero attached hydrogens (tertiary/aromatic N) is 3. The molecule has 1 saturated heterocycles. The summed E-state index contributed by atoms with van der Waals surface area (Å²) in [5.41, 5.74) is 0. The molecule has 114 valence electrons. The Bertz CT molecular complexity index is 627. The number of anilines is 2. The first-order valence-corrected chi connectivity index (χ1v) is 8.44. The molecule has 21 heavy (non-hydrogen) atoms. The minimum Gasteiger partial charge on any atom is -0.394 e. The lowest BCUT2D eigenvalue weighted by atomic mass is 10.0. The van der Waals surface area contributed by atoms with E-state index in [1.165, 1.54) is 11.3 Å². The summed E-state index contributed by atoms with van der Waals surface area (Å²) >= 11 is 1.73. The topological polar surface area (TPSA) is 61.3 Å². The van der Waals surface area contributed by atoms with Crippen molar-refractivity contribution in [2.24, 2.45) is 0 Å². The molecule has 2 aromatic heterocycles. The van der Waals surface area contributed by atoms with E-state index in [0.29, 0.717) is 5.95 Å². The van der Waals surface area contributed by atoms with Gasteiger partial charge in [-0.1, -0.05) is 6.92 Å². The SMILES string of the molecule is CCc1cc2c(N3CCCCC3CO)nc(NC)nc2s1. The molecule has 6 heteroatoms. The maximum Gasteiger partial charge on any atom is 0.225 e. The van der Waals surface area contributed by atoms with Crippen molar-refractivity contribution in [3.05, 3.63) is 10.9 Å². The van der Waals surface area contributed by atoms with Gasteiger partial charge in [-0.05, 0) is 31.7 Å². The van der Waals surface area contributed by atoms with Crippen LogP contribution >= 0.6 is 11.3 Å². The molecule has 2 aromatic rings. The number of aliphatic hydroxyl groups is 1. The average molecular weight is 306 g/mol. The zero-order valence-electron chi connectivity index (χ0n) is 12.6. The molecule has 2 N–H and O–H groups in total. The van der Waals surface area contributed by atoms with Gasteiger partial charge < -0.3 is 15.3 Å². The van der Waals surface area contributed by atoms with E-state index < -0.39 is 0 Å². The number of hydrogen-bond acceptors (Lipinski definition) is 6. The Balaban J connectivity index is 2.12. The van der Waals surface area contributed by atoms with Gasteiger partial charge in [0.15, 0.2) is 0 Å². The Kier molecular flexibility index (Phi) is 4.26. The van der Waals surface area contributed by atoms with Crippen LogP contribution in [0.1, 0.15) is 31.1 Å². The van der Waals surface area contributed by atoms with Crippen molar-refractivity contribution in [2.45, 2.75) is 38.6 Å². The fraction of sp³-hybridized carbons (Fsp3) is 0.600. The fourth-order valence-electron chi connectivity index (χ4n) is 2.93. The standard InChI is InChI=1S/C15H22N4OS/c1-3-11-8-12-13(17-15(16-2)18-14(12)21-11)19-7-5-4-6-10(19)9-20/h8,10,20H,3-7,9H2,1-2H3,(H,16,17,18). The Labute approximate surface area is 129 Å². The van der Waals surface area contributed by atoms with Crippen molar-refractivity contribution in [1.29, 1.82) is 0 Å². The normalized spacial score (nSPS) is 19.2. The first-order valence-electron chi connectivity index (χ1n) is 7.62. The van der Waals surface area contributed by atoms with Crippen molar-refractivity contribution in [2.75, 3.05) is 30.4 Å². The molecule has 0 spiro atoms. The molecule has 5 nitrogen and oxygen atoms in total. The number of fused-ring (bicyclic) bond motifs is 1. The average Bonchev–Trinajstić information content (AvgIpc) is 2.96. The summed E-state index contributed by atoms with van der Waals surface area (Å²) in [6, 6.07) is 2.38. The van der Waals surface area contributed by atoms with E-state index in [1.807, 2.05) is 7.05 Å². The molecule has 0 aromatic carbocycles. The van der Waals surface area contributed by atoms with Crippen LogP contribution < -0.4 is 10.2 Å². The number of rotatable bonds is 4. The van der Waals surface area contributed by atoms with Crippen molar-refractivity contribution in [3.63, 3.8) is 0 Å². The van der Waals surface area contributed by atoms with Gasteiger partial charge in [-0.2, -0.15) is 4.98 Å². The van der Waals surface area contributed by atoms with Crippen LogP contribution in [-0.2, 0) is 6.42 Å². The minimum absolute atomic E-state index is 0.173. The lowest BCUT2D eigenvalue weighted by Crippen LogP contribution is -2.42. The number of thiophene rings is 1. The lowest BCUT2D eigenvalue weighted by molar-refractivity contribution is 0.239. The summed E-state index contributed by atoms with van der Waals surface area (Å²) in [5.74, 6) is 1.63. The maximum atomic E-state index is 9.67. The molecule has 1 fully saturated rings. The first-order chi connectivity index (χ1) is 10.3. The predicted molar refractivity (Wildman–Crippen MR) is 88.4 cm³/mol. The Morgan fingerprint density at radius 2 is 2.29 bits per heavy atom. The molecule has 0 bridgehead atoms. The third-order valence-corrected chi connectivity index (χ3v) is 5.28. The Morgan fingerprint density at radius 1 is 1.43 bits per heavy atom. The van der Waals surface area contributed by atoms with Crippen molar-refractivity contribution >= 4 is 33.3 Å². The van der Waals surface area contributed by atoms with Gasteiger partial charge in [0.1, 0.15) is 10.6 Å². The predicted octanol–water partition coefficient (Wildman–Crippen LogP) is 2.65. The van der Waals surface area contributed by atoms with Crippen LogP contribution in [-0.4, -0.2) is 41.3 Å². The van der Waals surface area contributed by atoms with Gasteiger partial charge in [0, 0.05) is 18.5 Å². The highest BCUT2D eigenvalue weighted by atomic mass is 32.1. The number of nitrogens with one attached hydrogen (secondary N) is 1. The summed E-state index contributed by atoms with van der Waals surface area (Å²) < 4.78 is 0. The van der Waals surface area contributed by atoms with E-state index in [1.54, 1.807) is 11.3 Å². The highest BCUT2D eigenvalue weighted by Crippen LogP contribution is 2.34. The number of piperidine rings is 1. The second kappa shape index (κ2) is 6.15. The van der Waals surface area contributed by atoms with Crippen molar-refractivity contribution in [1.82, 2.24) is 9.97 Å². The third kappa shape index (κ3) is 2.70. The van der Waals surface area contributed by atoms with Crippen LogP contribution in [0.3, 0.4) is 0 Å². The van der Waals surface area contributed by atoms with E-state index in [-0.39, 0.29) is 12.6 Å². The smallest absolute Gasteiger partial charge is 0.225 e. The molecule has 1 aliphatic rings. The molecule has 1 unspecified atom stereocenters. The van der Waals surface area contributed by atoms with E-state index in [0.717, 1.165) is 41.8 Å². The zero-order valence-corrected chi connectivity index (χ0v) is 13.4. The molecule has 0 radical (unpaired) electrons. The quantitative estimate of drug-likeness (QED) is 0.909. The summed E-state index contributed by atoms with van der Waals surface area (Å²) in [6.07, 6.45) is 4.38. The van der Waals surface area contributed by atoms with Crippen molar-refractivity contribution < 1.29 is 5.11 Å². The largest absolute Gasteiger partial charge is 0.394 e. The van der Waals surface area contributed by atoms with Crippen LogP contribution in [0.2, 0.25) is 0 Å².